The molecule has 0 heterocycles. The van der Waals surface area contributed by atoms with E-state index in [1.165, 1.54) is 18.2 Å². The van der Waals surface area contributed by atoms with Gasteiger partial charge in [0.25, 0.3) is 0 Å². The van der Waals surface area contributed by atoms with Crippen LogP contribution in [-0.2, 0) is 31.9 Å². The molecule has 9 heteroatoms. The average Bonchev–Trinajstić information content (AvgIpc) is 2.57. The number of carbonyl (C=O) groups is 1. The number of unbranched alkanes of at least 4 members (excludes halogenated alkanes) is 1. The number of aryl methyl sites for hydroxylation is 1. The quantitative estimate of drug-likeness (QED) is 0.470. The zero-order valence-corrected chi connectivity index (χ0v) is 15.5. The van der Waals surface area contributed by atoms with Crippen LogP contribution in [0.1, 0.15) is 37.3 Å². The van der Waals surface area contributed by atoms with Crippen molar-refractivity contribution in [2.75, 3.05) is 18.1 Å². The second-order valence-electron chi connectivity index (χ2n) is 6.04. The lowest BCUT2D eigenvalue weighted by molar-refractivity contribution is -0.145. The van der Waals surface area contributed by atoms with Gasteiger partial charge in [0.15, 0.2) is 0 Å². The van der Waals surface area contributed by atoms with E-state index in [-0.39, 0.29) is 36.5 Å². The number of hydrogen-bond acceptors (Lipinski definition) is 5. The van der Waals surface area contributed by atoms with Crippen LogP contribution in [0.3, 0.4) is 0 Å². The summed E-state index contributed by atoms with van der Waals surface area (Å²) in [7, 11) is -3.15. The molecule has 0 saturated carbocycles. The van der Waals surface area contributed by atoms with Crippen molar-refractivity contribution in [3.63, 3.8) is 0 Å². The number of carbonyl (C=O) groups excluding carboxylic acids is 1. The fourth-order valence-corrected chi connectivity index (χ4v) is 3.64. The molecule has 0 aliphatic carbocycles. The number of halogens is 3. The third-order valence-electron chi connectivity index (χ3n) is 3.83. The molecule has 0 bridgehead atoms. The molecule has 5 nitrogen and oxygen atoms in total. The molecule has 148 valence electrons. The number of esters is 1. The molecule has 3 N–H and O–H groups in total. The van der Waals surface area contributed by atoms with Gasteiger partial charge in [-0.05, 0) is 30.9 Å². The van der Waals surface area contributed by atoms with Crippen LogP contribution in [0.4, 0.5) is 13.2 Å². The Bertz CT molecular complexity index is 691. The molecule has 1 aromatic carbocycles. The lowest BCUT2D eigenvalue weighted by Crippen LogP contribution is -2.34. The van der Waals surface area contributed by atoms with E-state index < -0.39 is 33.5 Å². The first kappa shape index (κ1) is 22.4. The van der Waals surface area contributed by atoms with Gasteiger partial charge < -0.3 is 10.5 Å². The molecule has 1 aromatic rings. The molecule has 0 spiro atoms. The van der Waals surface area contributed by atoms with Crippen LogP contribution in [0.2, 0.25) is 0 Å². The van der Waals surface area contributed by atoms with E-state index in [9.17, 15) is 22.2 Å². The number of nitrogens with two attached hydrogens (primary N) is 1. The summed E-state index contributed by atoms with van der Waals surface area (Å²) in [5.74, 6) is -1.00. The third kappa shape index (κ3) is 7.74. The maximum Gasteiger partial charge on any atom is 0.416 e. The van der Waals surface area contributed by atoms with Gasteiger partial charge in [-0.3, -0.25) is 9.57 Å². The Morgan fingerprint density at radius 3 is 2.58 bits per heavy atom. The van der Waals surface area contributed by atoms with E-state index in [0.717, 1.165) is 12.5 Å². The fourth-order valence-electron chi connectivity index (χ4n) is 2.25. The molecule has 0 aliphatic rings. The van der Waals surface area contributed by atoms with E-state index in [1.54, 1.807) is 0 Å². The van der Waals surface area contributed by atoms with Gasteiger partial charge in [-0.25, -0.2) is 4.21 Å². The van der Waals surface area contributed by atoms with Crippen molar-refractivity contribution in [2.24, 2.45) is 5.73 Å². The molecular weight excluding hydrogens is 369 g/mol. The molecule has 26 heavy (non-hydrogen) atoms. The summed E-state index contributed by atoms with van der Waals surface area (Å²) in [6.45, 7) is 2.20. The van der Waals surface area contributed by atoms with Gasteiger partial charge >= 0.3 is 12.1 Å². The van der Waals surface area contributed by atoms with Crippen molar-refractivity contribution < 1.29 is 26.9 Å². The van der Waals surface area contributed by atoms with Crippen molar-refractivity contribution >= 4 is 15.7 Å². The first-order chi connectivity index (χ1) is 12.1. The molecule has 2 atom stereocenters. The van der Waals surface area contributed by atoms with Crippen molar-refractivity contribution in [1.29, 1.82) is 4.78 Å². The molecule has 1 unspecified atom stereocenters. The van der Waals surface area contributed by atoms with Gasteiger partial charge in [-0.15, -0.1) is 0 Å². The van der Waals surface area contributed by atoms with Crippen LogP contribution in [0.15, 0.2) is 24.3 Å². The van der Waals surface area contributed by atoms with Gasteiger partial charge in [0.05, 0.1) is 12.2 Å². The van der Waals surface area contributed by atoms with Crippen molar-refractivity contribution in [2.45, 2.75) is 44.8 Å². The molecule has 1 rings (SSSR count). The summed E-state index contributed by atoms with van der Waals surface area (Å²) >= 11 is 0. The van der Waals surface area contributed by atoms with Crippen molar-refractivity contribution in [1.82, 2.24) is 0 Å². The number of alkyl halides is 3. The normalized spacial score (nSPS) is 15.3. The van der Waals surface area contributed by atoms with Gasteiger partial charge in [-0.1, -0.05) is 31.5 Å². The minimum absolute atomic E-state index is 0.00301. The Morgan fingerprint density at radius 1 is 1.31 bits per heavy atom. The molecular formula is C17H25F3N2O3S. The van der Waals surface area contributed by atoms with E-state index >= 15 is 0 Å². The zero-order valence-electron chi connectivity index (χ0n) is 14.7. The summed E-state index contributed by atoms with van der Waals surface area (Å²) in [4.78, 5) is 11.6. The van der Waals surface area contributed by atoms with Crippen LogP contribution in [0.5, 0.6) is 0 Å². The average molecular weight is 394 g/mol. The lowest BCUT2D eigenvalue weighted by atomic mass is 10.1. The van der Waals surface area contributed by atoms with Crippen LogP contribution in [-0.4, -0.2) is 34.3 Å². The van der Waals surface area contributed by atoms with Crippen LogP contribution < -0.4 is 5.73 Å². The summed E-state index contributed by atoms with van der Waals surface area (Å²) in [5.41, 5.74) is 4.88. The number of rotatable bonds is 10. The summed E-state index contributed by atoms with van der Waals surface area (Å²) in [5, 5.41) is 0. The SMILES string of the molecule is CCCCOC(=O)[C@@H](N)CCS(=N)(=O)CCc1ccccc1C(F)(F)F. The highest BCUT2D eigenvalue weighted by molar-refractivity contribution is 7.92. The Kier molecular flexibility index (Phi) is 8.55. The Morgan fingerprint density at radius 2 is 1.96 bits per heavy atom. The Balaban J connectivity index is 2.57. The minimum atomic E-state index is -4.50. The first-order valence-corrected chi connectivity index (χ1v) is 10.3. The van der Waals surface area contributed by atoms with E-state index in [4.69, 9.17) is 15.3 Å². The van der Waals surface area contributed by atoms with Gasteiger partial charge in [0, 0.05) is 21.2 Å². The van der Waals surface area contributed by atoms with Gasteiger partial charge in [0.2, 0.25) is 0 Å². The van der Waals surface area contributed by atoms with E-state index in [0.29, 0.717) is 6.42 Å². The molecule has 0 saturated heterocycles. The van der Waals surface area contributed by atoms with Gasteiger partial charge in [0.1, 0.15) is 6.04 Å². The first-order valence-electron chi connectivity index (χ1n) is 8.38. The smallest absolute Gasteiger partial charge is 0.416 e. The molecule has 0 radical (unpaired) electrons. The zero-order chi connectivity index (χ0) is 19.8. The molecule has 0 aromatic heterocycles. The van der Waals surface area contributed by atoms with Crippen molar-refractivity contribution in [3.05, 3.63) is 35.4 Å². The monoisotopic (exact) mass is 394 g/mol. The van der Waals surface area contributed by atoms with E-state index in [2.05, 4.69) is 0 Å². The topological polar surface area (TPSA) is 93.2 Å². The third-order valence-corrected chi connectivity index (χ3v) is 5.59. The molecule has 0 fully saturated rings. The number of nitrogens with one attached hydrogen (secondary N) is 1. The maximum atomic E-state index is 13.0. The second kappa shape index (κ2) is 9.91. The highest BCUT2D eigenvalue weighted by atomic mass is 32.2. The predicted octanol–water partition coefficient (Wildman–Crippen LogP) is 3.36. The van der Waals surface area contributed by atoms with Crippen molar-refractivity contribution in [3.8, 4) is 0 Å². The molecule has 0 amide bonds. The summed E-state index contributed by atoms with van der Waals surface area (Å²) < 4.78 is 63.9. The second-order valence-corrected chi connectivity index (χ2v) is 8.48. The van der Waals surface area contributed by atoms with Crippen LogP contribution in [0, 0.1) is 4.78 Å². The minimum Gasteiger partial charge on any atom is -0.465 e. The number of ether oxygens (including phenoxy) is 1. The maximum absolute atomic E-state index is 13.0. The Labute approximate surface area is 152 Å². The van der Waals surface area contributed by atoms with Crippen LogP contribution in [0.25, 0.3) is 0 Å². The summed E-state index contributed by atoms with van der Waals surface area (Å²) in [6, 6.07) is 4.05. The van der Waals surface area contributed by atoms with Gasteiger partial charge in [-0.2, -0.15) is 13.2 Å². The molecule has 0 aliphatic heterocycles. The largest absolute Gasteiger partial charge is 0.465 e. The standard InChI is InChI=1S/C17H25F3N2O3S/c1-2-3-10-25-16(23)15(21)9-12-26(22,24)11-8-13-6-4-5-7-14(13)17(18,19)20/h4-7,15,22H,2-3,8-12,21H2,1H3/t15-,26?/m0/s1. The fraction of sp³-hybridized carbons (Fsp3) is 0.588. The van der Waals surface area contributed by atoms with E-state index in [1.807, 2.05) is 6.92 Å². The Hall–Kier alpha value is -1.61. The number of benzene rings is 1. The van der Waals surface area contributed by atoms with Crippen LogP contribution >= 0.6 is 0 Å². The highest BCUT2D eigenvalue weighted by Crippen LogP contribution is 2.32. The highest BCUT2D eigenvalue weighted by Gasteiger charge is 2.32. The summed E-state index contributed by atoms with van der Waals surface area (Å²) in [6.07, 6.45) is -3.05. The number of hydrogen-bond donors (Lipinski definition) is 2. The lowest BCUT2D eigenvalue weighted by Gasteiger charge is -2.15. The predicted molar refractivity (Wildman–Crippen MR) is 94.2 cm³/mol.